The molecule has 0 spiro atoms. The van der Waals surface area contributed by atoms with Crippen molar-refractivity contribution in [3.63, 3.8) is 0 Å². The lowest BCUT2D eigenvalue weighted by atomic mass is 10.2. The zero-order chi connectivity index (χ0) is 12.4. The summed E-state index contributed by atoms with van der Waals surface area (Å²) in [5.41, 5.74) is 5.48. The molecule has 0 aliphatic carbocycles. The molecule has 0 aliphatic rings. The number of hydrogen-bond donors (Lipinski definition) is 1. The molecule has 0 fully saturated rings. The maximum absolute atomic E-state index is 11.1. The van der Waals surface area contributed by atoms with E-state index >= 15 is 0 Å². The summed E-state index contributed by atoms with van der Waals surface area (Å²) in [4.78, 5) is 22.2. The second kappa shape index (κ2) is 9.69. The Morgan fingerprint density at radius 2 is 1.69 bits per heavy atom. The van der Waals surface area contributed by atoms with Crippen LogP contribution in [-0.2, 0) is 19.1 Å². The molecule has 0 bridgehead atoms. The van der Waals surface area contributed by atoms with E-state index in [-0.39, 0.29) is 37.8 Å². The third-order valence-corrected chi connectivity index (χ3v) is 1.93. The maximum Gasteiger partial charge on any atom is 0.322 e. The Morgan fingerprint density at radius 3 is 2.25 bits per heavy atom. The normalized spacial score (nSPS) is 11.9. The molecule has 7 heteroatoms. The Hall–Kier alpha value is -0.520. The second-order valence-corrected chi connectivity index (χ2v) is 3.67. The van der Waals surface area contributed by atoms with Gasteiger partial charge in [-0.05, 0) is 6.42 Å². The number of carbonyl (C=O) groups is 2. The van der Waals surface area contributed by atoms with Gasteiger partial charge in [-0.1, -0.05) is 0 Å². The number of esters is 2. The highest BCUT2D eigenvalue weighted by molar-refractivity contribution is 6.18. The molecule has 0 aromatic carbocycles. The molecule has 94 valence electrons. The van der Waals surface area contributed by atoms with E-state index in [2.05, 4.69) is 0 Å². The van der Waals surface area contributed by atoms with Gasteiger partial charge in [0.1, 0.15) is 19.3 Å². The van der Waals surface area contributed by atoms with Gasteiger partial charge in [0, 0.05) is 6.42 Å². The minimum absolute atomic E-state index is 0.0635. The molecule has 0 radical (unpaired) electrons. The average molecular weight is 272 g/mol. The third-order valence-electron chi connectivity index (χ3n) is 1.62. The van der Waals surface area contributed by atoms with Crippen molar-refractivity contribution in [1.82, 2.24) is 0 Å². The number of hydrogen-bond acceptors (Lipinski definition) is 5. The van der Waals surface area contributed by atoms with E-state index < -0.39 is 18.0 Å². The van der Waals surface area contributed by atoms with Crippen LogP contribution >= 0.6 is 23.2 Å². The van der Waals surface area contributed by atoms with Gasteiger partial charge in [-0.15, -0.1) is 23.2 Å². The van der Waals surface area contributed by atoms with Gasteiger partial charge in [0.05, 0.1) is 11.8 Å². The Labute approximate surface area is 104 Å². The quantitative estimate of drug-likeness (QED) is 0.518. The molecule has 0 heterocycles. The number of ether oxygens (including phenoxy) is 2. The Morgan fingerprint density at radius 1 is 1.12 bits per heavy atom. The molecule has 0 saturated heterocycles. The van der Waals surface area contributed by atoms with E-state index in [1.807, 2.05) is 0 Å². The number of halogens is 2. The highest BCUT2D eigenvalue weighted by atomic mass is 35.5. The lowest BCUT2D eigenvalue weighted by molar-refractivity contribution is -0.146. The standard InChI is InChI=1S/C9H15Cl2NO4/c10-3-5-15-8(13)2-1-7(12)9(14)16-6-4-11/h7H,1-6,12H2/t7-/m0/s1. The minimum atomic E-state index is -0.827. The van der Waals surface area contributed by atoms with E-state index in [1.165, 1.54) is 0 Å². The predicted molar refractivity (Wildman–Crippen MR) is 60.6 cm³/mol. The van der Waals surface area contributed by atoms with E-state index in [4.69, 9.17) is 38.4 Å². The fourth-order valence-electron chi connectivity index (χ4n) is 0.862. The summed E-state index contributed by atoms with van der Waals surface area (Å²) in [6.07, 6.45) is 0.246. The van der Waals surface area contributed by atoms with Crippen molar-refractivity contribution in [2.75, 3.05) is 25.0 Å². The van der Waals surface area contributed by atoms with Crippen molar-refractivity contribution in [2.24, 2.45) is 5.73 Å². The molecule has 0 aromatic heterocycles. The highest BCUT2D eigenvalue weighted by Crippen LogP contribution is 2.00. The monoisotopic (exact) mass is 271 g/mol. The van der Waals surface area contributed by atoms with Crippen LogP contribution in [0.15, 0.2) is 0 Å². The van der Waals surface area contributed by atoms with Crippen LogP contribution in [0.5, 0.6) is 0 Å². The molecular weight excluding hydrogens is 257 g/mol. The molecule has 2 N–H and O–H groups in total. The third kappa shape index (κ3) is 7.73. The predicted octanol–water partition coefficient (Wildman–Crippen LogP) is 0.658. The van der Waals surface area contributed by atoms with E-state index in [1.54, 1.807) is 0 Å². The molecule has 0 rings (SSSR count). The van der Waals surface area contributed by atoms with E-state index in [0.29, 0.717) is 0 Å². The van der Waals surface area contributed by atoms with E-state index in [9.17, 15) is 9.59 Å². The first kappa shape index (κ1) is 15.5. The highest BCUT2D eigenvalue weighted by Gasteiger charge is 2.16. The van der Waals surface area contributed by atoms with Gasteiger partial charge in [0.25, 0.3) is 0 Å². The molecule has 0 saturated carbocycles. The van der Waals surface area contributed by atoms with Gasteiger partial charge in [-0.2, -0.15) is 0 Å². The van der Waals surface area contributed by atoms with Crippen molar-refractivity contribution in [2.45, 2.75) is 18.9 Å². The van der Waals surface area contributed by atoms with Gasteiger partial charge in [0.2, 0.25) is 0 Å². The van der Waals surface area contributed by atoms with Crippen LogP contribution in [-0.4, -0.2) is 43.0 Å². The van der Waals surface area contributed by atoms with Crippen molar-refractivity contribution in [3.8, 4) is 0 Å². The van der Waals surface area contributed by atoms with Crippen molar-refractivity contribution in [1.29, 1.82) is 0 Å². The van der Waals surface area contributed by atoms with Crippen molar-refractivity contribution in [3.05, 3.63) is 0 Å². The average Bonchev–Trinajstić information content (AvgIpc) is 2.30. The summed E-state index contributed by atoms with van der Waals surface area (Å²) in [6.45, 7) is 0.275. The lowest BCUT2D eigenvalue weighted by Crippen LogP contribution is -2.33. The SMILES string of the molecule is N[C@@H](CCC(=O)OCCCl)C(=O)OCCCl. The fraction of sp³-hybridized carbons (Fsp3) is 0.778. The number of alkyl halides is 2. The molecule has 1 atom stereocenters. The molecule has 0 unspecified atom stereocenters. The van der Waals surface area contributed by atoms with Crippen LogP contribution in [0.25, 0.3) is 0 Å². The summed E-state index contributed by atoms with van der Waals surface area (Å²) < 4.78 is 9.40. The summed E-state index contributed by atoms with van der Waals surface area (Å²) in [5.74, 6) is -0.529. The largest absolute Gasteiger partial charge is 0.464 e. The molecule has 5 nitrogen and oxygen atoms in total. The zero-order valence-electron chi connectivity index (χ0n) is 8.79. The maximum atomic E-state index is 11.1. The van der Waals surface area contributed by atoms with Crippen LogP contribution < -0.4 is 5.73 Å². The summed E-state index contributed by atoms with van der Waals surface area (Å²) in [7, 11) is 0. The number of carbonyl (C=O) groups excluding carboxylic acids is 2. The minimum Gasteiger partial charge on any atom is -0.464 e. The number of nitrogens with two attached hydrogens (primary N) is 1. The topological polar surface area (TPSA) is 78.6 Å². The van der Waals surface area contributed by atoms with Crippen LogP contribution in [0.4, 0.5) is 0 Å². The lowest BCUT2D eigenvalue weighted by Gasteiger charge is -2.10. The van der Waals surface area contributed by atoms with Gasteiger partial charge in [-0.25, -0.2) is 0 Å². The van der Waals surface area contributed by atoms with Crippen molar-refractivity contribution >= 4 is 35.1 Å². The first-order valence-electron chi connectivity index (χ1n) is 4.81. The van der Waals surface area contributed by atoms with Gasteiger partial charge < -0.3 is 15.2 Å². The van der Waals surface area contributed by atoms with E-state index in [0.717, 1.165) is 0 Å². The fourth-order valence-corrected chi connectivity index (χ4v) is 1.02. The Bertz CT molecular complexity index is 226. The zero-order valence-corrected chi connectivity index (χ0v) is 10.3. The first-order chi connectivity index (χ1) is 7.61. The second-order valence-electron chi connectivity index (χ2n) is 2.91. The molecule has 16 heavy (non-hydrogen) atoms. The summed E-state index contributed by atoms with van der Waals surface area (Å²) in [5, 5.41) is 0. The van der Waals surface area contributed by atoms with Crippen molar-refractivity contribution < 1.29 is 19.1 Å². The Balaban J connectivity index is 3.66. The van der Waals surface area contributed by atoms with Gasteiger partial charge >= 0.3 is 11.9 Å². The van der Waals surface area contributed by atoms with Gasteiger partial charge in [-0.3, -0.25) is 9.59 Å². The van der Waals surface area contributed by atoms with Crippen LogP contribution in [0.1, 0.15) is 12.8 Å². The molecular formula is C9H15Cl2NO4. The first-order valence-corrected chi connectivity index (χ1v) is 5.88. The smallest absolute Gasteiger partial charge is 0.322 e. The summed E-state index contributed by atoms with van der Waals surface area (Å²) in [6, 6.07) is -0.827. The summed E-state index contributed by atoms with van der Waals surface area (Å²) >= 11 is 10.7. The number of rotatable bonds is 8. The van der Waals surface area contributed by atoms with Crippen LogP contribution in [0.2, 0.25) is 0 Å². The Kier molecular flexibility index (Phi) is 9.37. The van der Waals surface area contributed by atoms with Crippen LogP contribution in [0.3, 0.4) is 0 Å². The molecule has 0 aliphatic heterocycles. The van der Waals surface area contributed by atoms with Gasteiger partial charge in [0.15, 0.2) is 0 Å². The van der Waals surface area contributed by atoms with Crippen LogP contribution in [0, 0.1) is 0 Å². The molecule has 0 amide bonds. The molecule has 0 aromatic rings.